The van der Waals surface area contributed by atoms with Gasteiger partial charge in [-0.1, -0.05) is 12.1 Å². The van der Waals surface area contributed by atoms with Crippen LogP contribution in [0.25, 0.3) is 0 Å². The van der Waals surface area contributed by atoms with Gasteiger partial charge in [0.15, 0.2) is 9.84 Å². The molecule has 6 heteroatoms. The van der Waals surface area contributed by atoms with E-state index in [1.807, 2.05) is 19.1 Å². The highest BCUT2D eigenvalue weighted by atomic mass is 32.2. The van der Waals surface area contributed by atoms with Crippen LogP contribution >= 0.6 is 0 Å². The fourth-order valence-corrected chi connectivity index (χ4v) is 3.86. The van der Waals surface area contributed by atoms with E-state index < -0.39 is 15.8 Å². The molecular weight excluding hydrogens is 264 g/mol. The van der Waals surface area contributed by atoms with Gasteiger partial charge in [0.25, 0.3) is 0 Å². The first-order valence-electron chi connectivity index (χ1n) is 6.24. The first-order valence-corrected chi connectivity index (χ1v) is 8.06. The van der Waals surface area contributed by atoms with Crippen molar-refractivity contribution in [1.82, 2.24) is 0 Å². The zero-order chi connectivity index (χ0) is 14.0. The van der Waals surface area contributed by atoms with Crippen molar-refractivity contribution in [3.05, 3.63) is 29.8 Å². The van der Waals surface area contributed by atoms with Gasteiger partial charge >= 0.3 is 0 Å². The Kier molecular flexibility index (Phi) is 3.91. The van der Waals surface area contributed by atoms with Crippen LogP contribution in [0.1, 0.15) is 24.9 Å². The van der Waals surface area contributed by atoms with Crippen LogP contribution in [0.4, 0.5) is 5.69 Å². The summed E-state index contributed by atoms with van der Waals surface area (Å²) in [6, 6.07) is 7.21. The van der Waals surface area contributed by atoms with Crippen molar-refractivity contribution in [3.8, 4) is 0 Å². The maximum Gasteiger partial charge on any atom is 0.228 e. The Morgan fingerprint density at radius 2 is 2.00 bits per heavy atom. The van der Waals surface area contributed by atoms with E-state index in [-0.39, 0.29) is 23.5 Å². The largest absolute Gasteiger partial charge is 0.326 e. The van der Waals surface area contributed by atoms with Crippen LogP contribution in [0.5, 0.6) is 0 Å². The first kappa shape index (κ1) is 14.0. The predicted octanol–water partition coefficient (Wildman–Crippen LogP) is 1.08. The molecule has 1 heterocycles. The van der Waals surface area contributed by atoms with Crippen molar-refractivity contribution in [2.75, 3.05) is 16.8 Å². The number of anilines is 1. The Bertz CT molecular complexity index is 564. The Balaban J connectivity index is 1.99. The molecule has 3 N–H and O–H groups in total. The van der Waals surface area contributed by atoms with E-state index >= 15 is 0 Å². The smallest absolute Gasteiger partial charge is 0.228 e. The Morgan fingerprint density at radius 3 is 2.47 bits per heavy atom. The number of rotatable bonds is 3. The van der Waals surface area contributed by atoms with Gasteiger partial charge in [-0.3, -0.25) is 4.79 Å². The van der Waals surface area contributed by atoms with Crippen molar-refractivity contribution in [2.45, 2.75) is 19.4 Å². The third kappa shape index (κ3) is 3.54. The summed E-state index contributed by atoms with van der Waals surface area (Å²) in [6.45, 7) is 1.89. The molecule has 2 unspecified atom stereocenters. The third-order valence-electron chi connectivity index (χ3n) is 3.31. The van der Waals surface area contributed by atoms with Gasteiger partial charge in [-0.05, 0) is 31.0 Å². The third-order valence-corrected chi connectivity index (χ3v) is 5.08. The van der Waals surface area contributed by atoms with Gasteiger partial charge in [-0.25, -0.2) is 8.42 Å². The Labute approximate surface area is 113 Å². The Morgan fingerprint density at radius 1 is 1.37 bits per heavy atom. The number of carbonyl (C=O) groups is 1. The molecule has 2 atom stereocenters. The summed E-state index contributed by atoms with van der Waals surface area (Å²) in [4.78, 5) is 11.9. The summed E-state index contributed by atoms with van der Waals surface area (Å²) < 4.78 is 22.6. The molecule has 0 aliphatic carbocycles. The van der Waals surface area contributed by atoms with Gasteiger partial charge in [0, 0.05) is 11.7 Å². The molecule has 0 saturated carbocycles. The van der Waals surface area contributed by atoms with Crippen molar-refractivity contribution in [1.29, 1.82) is 0 Å². The number of hydrogen-bond acceptors (Lipinski definition) is 4. The number of sulfone groups is 1. The van der Waals surface area contributed by atoms with Gasteiger partial charge in [0.05, 0.1) is 17.4 Å². The van der Waals surface area contributed by atoms with Crippen molar-refractivity contribution < 1.29 is 13.2 Å². The van der Waals surface area contributed by atoms with E-state index in [1.165, 1.54) is 0 Å². The normalized spacial score (nSPS) is 22.9. The van der Waals surface area contributed by atoms with E-state index in [1.54, 1.807) is 12.1 Å². The van der Waals surface area contributed by atoms with E-state index in [0.717, 1.165) is 5.56 Å². The monoisotopic (exact) mass is 282 g/mol. The fraction of sp³-hybridized carbons (Fsp3) is 0.462. The molecule has 1 aromatic rings. The molecule has 1 saturated heterocycles. The Hall–Kier alpha value is -1.40. The van der Waals surface area contributed by atoms with Crippen LogP contribution < -0.4 is 11.1 Å². The van der Waals surface area contributed by atoms with Crippen LogP contribution in [0.15, 0.2) is 24.3 Å². The molecule has 5 nitrogen and oxygen atoms in total. The van der Waals surface area contributed by atoms with Gasteiger partial charge in [0.2, 0.25) is 5.91 Å². The van der Waals surface area contributed by atoms with E-state index in [0.29, 0.717) is 12.1 Å². The van der Waals surface area contributed by atoms with E-state index in [2.05, 4.69) is 5.32 Å². The molecule has 1 fully saturated rings. The average molecular weight is 282 g/mol. The minimum absolute atomic E-state index is 0.0449. The molecule has 0 aromatic heterocycles. The molecule has 0 spiro atoms. The number of amides is 1. The molecule has 19 heavy (non-hydrogen) atoms. The maximum atomic E-state index is 11.9. The van der Waals surface area contributed by atoms with Crippen LogP contribution in [-0.4, -0.2) is 25.8 Å². The lowest BCUT2D eigenvalue weighted by molar-refractivity contribution is -0.119. The second kappa shape index (κ2) is 5.30. The number of nitrogens with two attached hydrogens (primary N) is 1. The van der Waals surface area contributed by atoms with Crippen LogP contribution in [0, 0.1) is 5.92 Å². The molecular formula is C13H18N2O3S. The molecule has 0 bridgehead atoms. The quantitative estimate of drug-likeness (QED) is 0.868. The van der Waals surface area contributed by atoms with Crippen LogP contribution in [0.2, 0.25) is 0 Å². The van der Waals surface area contributed by atoms with Crippen LogP contribution in [-0.2, 0) is 14.6 Å². The number of benzene rings is 1. The van der Waals surface area contributed by atoms with Crippen molar-refractivity contribution >= 4 is 21.4 Å². The summed E-state index contributed by atoms with van der Waals surface area (Å²) in [7, 11) is -3.03. The van der Waals surface area contributed by atoms with E-state index in [4.69, 9.17) is 5.73 Å². The molecule has 0 radical (unpaired) electrons. The maximum absolute atomic E-state index is 11.9. The highest BCUT2D eigenvalue weighted by molar-refractivity contribution is 7.91. The molecule has 1 aliphatic heterocycles. The summed E-state index contributed by atoms with van der Waals surface area (Å²) in [5.74, 6) is -0.599. The van der Waals surface area contributed by atoms with E-state index in [9.17, 15) is 13.2 Å². The highest BCUT2D eigenvalue weighted by Gasteiger charge is 2.32. The lowest BCUT2D eigenvalue weighted by Crippen LogP contribution is -2.23. The summed E-state index contributed by atoms with van der Waals surface area (Å²) in [5, 5.41) is 2.74. The van der Waals surface area contributed by atoms with Crippen molar-refractivity contribution in [2.24, 2.45) is 11.7 Å². The predicted molar refractivity (Wildman–Crippen MR) is 74.4 cm³/mol. The summed E-state index contributed by atoms with van der Waals surface area (Å²) in [6.07, 6.45) is 0.409. The zero-order valence-electron chi connectivity index (χ0n) is 10.8. The minimum atomic E-state index is -3.03. The summed E-state index contributed by atoms with van der Waals surface area (Å²) in [5.41, 5.74) is 7.39. The molecule has 1 aromatic carbocycles. The van der Waals surface area contributed by atoms with Gasteiger partial charge in [-0.15, -0.1) is 0 Å². The average Bonchev–Trinajstić information content (AvgIpc) is 2.70. The number of hydrogen-bond donors (Lipinski definition) is 2. The van der Waals surface area contributed by atoms with Gasteiger partial charge < -0.3 is 11.1 Å². The number of carbonyl (C=O) groups excluding carboxylic acids is 1. The molecule has 1 aliphatic rings. The lowest BCUT2D eigenvalue weighted by atomic mass is 10.1. The standard InChI is InChI=1S/C13H18N2O3S/c1-9(14)10-2-4-12(5-3-10)15-13(16)11-6-7-19(17,18)8-11/h2-5,9,11H,6-8,14H2,1H3,(H,15,16). The second-order valence-electron chi connectivity index (χ2n) is 5.00. The second-order valence-corrected chi connectivity index (χ2v) is 7.23. The zero-order valence-corrected chi connectivity index (χ0v) is 11.6. The molecule has 2 rings (SSSR count). The first-order chi connectivity index (χ1) is 8.87. The fourth-order valence-electron chi connectivity index (χ4n) is 2.12. The topological polar surface area (TPSA) is 89.3 Å². The van der Waals surface area contributed by atoms with Crippen LogP contribution in [0.3, 0.4) is 0 Å². The number of nitrogens with one attached hydrogen (secondary N) is 1. The lowest BCUT2D eigenvalue weighted by Gasteiger charge is -2.11. The molecule has 1 amide bonds. The SMILES string of the molecule is CC(N)c1ccc(NC(=O)C2CCS(=O)(=O)C2)cc1. The van der Waals surface area contributed by atoms with Gasteiger partial charge in [0.1, 0.15) is 0 Å². The highest BCUT2D eigenvalue weighted by Crippen LogP contribution is 2.21. The summed E-state index contributed by atoms with van der Waals surface area (Å²) >= 11 is 0. The van der Waals surface area contributed by atoms with Crippen molar-refractivity contribution in [3.63, 3.8) is 0 Å². The molecule has 104 valence electrons. The van der Waals surface area contributed by atoms with Gasteiger partial charge in [-0.2, -0.15) is 0 Å². The minimum Gasteiger partial charge on any atom is -0.326 e.